The standard InChI is InChI=1S/C16H14N6/c1-11-19-14(12-6-4-3-5-7-12)8-15(20-11)21-16-13(9-17)10-18-22(16)2/h3-8,10H,1-2H3,(H,19,20,21). The van der Waals surface area contributed by atoms with E-state index < -0.39 is 0 Å². The van der Waals surface area contributed by atoms with Crippen molar-refractivity contribution in [2.75, 3.05) is 5.32 Å². The minimum atomic E-state index is 0.472. The maximum atomic E-state index is 9.12. The van der Waals surface area contributed by atoms with Gasteiger partial charge in [0, 0.05) is 18.7 Å². The number of nitriles is 1. The normalized spacial score (nSPS) is 10.2. The van der Waals surface area contributed by atoms with Gasteiger partial charge in [-0.15, -0.1) is 0 Å². The zero-order valence-electron chi connectivity index (χ0n) is 12.3. The summed E-state index contributed by atoms with van der Waals surface area (Å²) in [6, 6.07) is 13.9. The van der Waals surface area contributed by atoms with Crippen molar-refractivity contribution in [3.8, 4) is 17.3 Å². The molecule has 2 heterocycles. The zero-order valence-corrected chi connectivity index (χ0v) is 12.3. The SMILES string of the molecule is Cc1nc(Nc2c(C#N)cnn2C)cc(-c2ccccc2)n1. The molecule has 2 aromatic heterocycles. The lowest BCUT2D eigenvalue weighted by Gasteiger charge is -2.09. The second-order valence-corrected chi connectivity index (χ2v) is 4.82. The Labute approximate surface area is 128 Å². The Hall–Kier alpha value is -3.20. The van der Waals surface area contributed by atoms with E-state index in [-0.39, 0.29) is 0 Å². The predicted octanol–water partition coefficient (Wildman–Crippen LogP) is 2.80. The summed E-state index contributed by atoms with van der Waals surface area (Å²) in [6.45, 7) is 1.84. The van der Waals surface area contributed by atoms with Crippen LogP contribution in [0.3, 0.4) is 0 Å². The predicted molar refractivity (Wildman–Crippen MR) is 83.4 cm³/mol. The van der Waals surface area contributed by atoms with Gasteiger partial charge in [-0.3, -0.25) is 4.68 Å². The summed E-state index contributed by atoms with van der Waals surface area (Å²) >= 11 is 0. The first kappa shape index (κ1) is 13.8. The van der Waals surface area contributed by atoms with E-state index in [4.69, 9.17) is 5.26 Å². The second kappa shape index (κ2) is 5.66. The van der Waals surface area contributed by atoms with E-state index in [1.54, 1.807) is 11.7 Å². The summed E-state index contributed by atoms with van der Waals surface area (Å²) in [5.74, 6) is 1.90. The van der Waals surface area contributed by atoms with Crippen LogP contribution in [0, 0.1) is 18.3 Å². The monoisotopic (exact) mass is 290 g/mol. The smallest absolute Gasteiger partial charge is 0.147 e. The molecule has 108 valence electrons. The van der Waals surface area contributed by atoms with Crippen LogP contribution in [0.25, 0.3) is 11.3 Å². The number of nitrogens with zero attached hydrogens (tertiary/aromatic N) is 5. The quantitative estimate of drug-likeness (QED) is 0.802. The van der Waals surface area contributed by atoms with Gasteiger partial charge in [0.05, 0.1) is 11.9 Å². The Morgan fingerprint density at radius 3 is 2.68 bits per heavy atom. The molecule has 3 aromatic rings. The molecule has 0 bridgehead atoms. The van der Waals surface area contributed by atoms with Crippen molar-refractivity contribution in [1.29, 1.82) is 5.26 Å². The molecule has 1 N–H and O–H groups in total. The van der Waals surface area contributed by atoms with Crippen molar-refractivity contribution in [3.05, 3.63) is 54.0 Å². The molecule has 1 aromatic carbocycles. The third-order valence-corrected chi connectivity index (χ3v) is 3.21. The first-order valence-electron chi connectivity index (χ1n) is 6.77. The van der Waals surface area contributed by atoms with Crippen LogP contribution >= 0.6 is 0 Å². The fourth-order valence-electron chi connectivity index (χ4n) is 2.18. The summed E-state index contributed by atoms with van der Waals surface area (Å²) in [4.78, 5) is 8.84. The maximum Gasteiger partial charge on any atom is 0.147 e. The maximum absolute atomic E-state index is 9.12. The molecule has 0 saturated heterocycles. The first-order chi connectivity index (χ1) is 10.7. The molecule has 0 saturated carbocycles. The van der Waals surface area contributed by atoms with E-state index in [9.17, 15) is 0 Å². The average molecular weight is 290 g/mol. The number of hydrogen-bond acceptors (Lipinski definition) is 5. The van der Waals surface area contributed by atoms with Gasteiger partial charge in [0.25, 0.3) is 0 Å². The topological polar surface area (TPSA) is 79.4 Å². The molecule has 0 amide bonds. The lowest BCUT2D eigenvalue weighted by molar-refractivity contribution is 0.775. The minimum absolute atomic E-state index is 0.472. The number of aryl methyl sites for hydroxylation is 2. The second-order valence-electron chi connectivity index (χ2n) is 4.82. The molecular weight excluding hydrogens is 276 g/mol. The highest BCUT2D eigenvalue weighted by Gasteiger charge is 2.10. The molecular formula is C16H14N6. The van der Waals surface area contributed by atoms with E-state index in [1.165, 1.54) is 6.20 Å². The van der Waals surface area contributed by atoms with Crippen LogP contribution in [0.4, 0.5) is 11.6 Å². The molecule has 0 radical (unpaired) electrons. The molecule has 0 atom stereocenters. The van der Waals surface area contributed by atoms with Crippen molar-refractivity contribution in [1.82, 2.24) is 19.7 Å². The van der Waals surface area contributed by atoms with Gasteiger partial charge in [-0.2, -0.15) is 10.4 Å². The number of nitrogens with one attached hydrogen (secondary N) is 1. The number of benzene rings is 1. The summed E-state index contributed by atoms with van der Waals surface area (Å²) < 4.78 is 1.61. The first-order valence-corrected chi connectivity index (χ1v) is 6.77. The molecule has 6 heteroatoms. The Bertz CT molecular complexity index is 845. The summed E-state index contributed by atoms with van der Waals surface area (Å²) in [7, 11) is 1.77. The lowest BCUT2D eigenvalue weighted by Crippen LogP contribution is -2.04. The zero-order chi connectivity index (χ0) is 15.5. The molecule has 0 spiro atoms. The van der Waals surface area contributed by atoms with E-state index >= 15 is 0 Å². The van der Waals surface area contributed by atoms with Gasteiger partial charge >= 0.3 is 0 Å². The number of aromatic nitrogens is 4. The molecule has 0 fully saturated rings. The van der Waals surface area contributed by atoms with Crippen LogP contribution in [0.15, 0.2) is 42.6 Å². The minimum Gasteiger partial charge on any atom is -0.324 e. The van der Waals surface area contributed by atoms with E-state index in [0.29, 0.717) is 23.0 Å². The third kappa shape index (κ3) is 2.65. The van der Waals surface area contributed by atoms with Crippen molar-refractivity contribution < 1.29 is 0 Å². The van der Waals surface area contributed by atoms with Gasteiger partial charge in [-0.05, 0) is 6.92 Å². The van der Waals surface area contributed by atoms with E-state index in [2.05, 4.69) is 26.5 Å². The number of hydrogen-bond donors (Lipinski definition) is 1. The van der Waals surface area contributed by atoms with Crippen LogP contribution in [0.2, 0.25) is 0 Å². The fourth-order valence-corrected chi connectivity index (χ4v) is 2.18. The van der Waals surface area contributed by atoms with Crippen LogP contribution < -0.4 is 5.32 Å². The lowest BCUT2D eigenvalue weighted by atomic mass is 10.1. The van der Waals surface area contributed by atoms with Crippen LogP contribution in [0.1, 0.15) is 11.4 Å². The highest BCUT2D eigenvalue weighted by atomic mass is 15.3. The van der Waals surface area contributed by atoms with Crippen molar-refractivity contribution >= 4 is 11.6 Å². The third-order valence-electron chi connectivity index (χ3n) is 3.21. The molecule has 22 heavy (non-hydrogen) atoms. The van der Waals surface area contributed by atoms with Gasteiger partial charge in [0.1, 0.15) is 29.1 Å². The summed E-state index contributed by atoms with van der Waals surface area (Å²) in [5.41, 5.74) is 2.32. The molecule has 0 aliphatic rings. The molecule has 0 aliphatic heterocycles. The van der Waals surface area contributed by atoms with Gasteiger partial charge < -0.3 is 5.32 Å². The van der Waals surface area contributed by atoms with Crippen molar-refractivity contribution in [3.63, 3.8) is 0 Å². The average Bonchev–Trinajstić information content (AvgIpc) is 2.88. The Morgan fingerprint density at radius 1 is 1.18 bits per heavy atom. The number of rotatable bonds is 3. The Morgan fingerprint density at radius 2 is 1.95 bits per heavy atom. The van der Waals surface area contributed by atoms with Crippen LogP contribution in [-0.2, 0) is 7.05 Å². The molecule has 3 rings (SSSR count). The Balaban J connectivity index is 2.00. The van der Waals surface area contributed by atoms with Crippen molar-refractivity contribution in [2.24, 2.45) is 7.05 Å². The molecule has 0 unspecified atom stereocenters. The van der Waals surface area contributed by atoms with Gasteiger partial charge in [-0.1, -0.05) is 30.3 Å². The largest absolute Gasteiger partial charge is 0.324 e. The van der Waals surface area contributed by atoms with Crippen molar-refractivity contribution in [2.45, 2.75) is 6.92 Å². The number of anilines is 2. The summed E-state index contributed by atoms with van der Waals surface area (Å²) in [6.07, 6.45) is 1.52. The van der Waals surface area contributed by atoms with Gasteiger partial charge in [0.15, 0.2) is 0 Å². The fraction of sp³-hybridized carbons (Fsp3) is 0.125. The summed E-state index contributed by atoms with van der Waals surface area (Å²) in [5, 5.41) is 16.3. The van der Waals surface area contributed by atoms with E-state index in [1.807, 2.05) is 43.3 Å². The molecule has 0 aliphatic carbocycles. The van der Waals surface area contributed by atoms with E-state index in [0.717, 1.165) is 11.3 Å². The van der Waals surface area contributed by atoms with Gasteiger partial charge in [0.2, 0.25) is 0 Å². The Kier molecular flexibility index (Phi) is 3.54. The van der Waals surface area contributed by atoms with Crippen LogP contribution in [0.5, 0.6) is 0 Å². The van der Waals surface area contributed by atoms with Crippen LogP contribution in [-0.4, -0.2) is 19.7 Å². The molecule has 6 nitrogen and oxygen atoms in total. The highest BCUT2D eigenvalue weighted by molar-refractivity contribution is 5.66. The highest BCUT2D eigenvalue weighted by Crippen LogP contribution is 2.23. The van der Waals surface area contributed by atoms with Gasteiger partial charge in [-0.25, -0.2) is 9.97 Å².